The van der Waals surface area contributed by atoms with Crippen molar-refractivity contribution in [3.8, 4) is 0 Å². The zero-order valence-electron chi connectivity index (χ0n) is 18.2. The van der Waals surface area contributed by atoms with E-state index in [0.717, 1.165) is 5.56 Å². The van der Waals surface area contributed by atoms with Crippen molar-refractivity contribution in [1.82, 2.24) is 4.57 Å². The number of aromatic nitrogens is 1. The summed E-state index contributed by atoms with van der Waals surface area (Å²) in [5, 5.41) is 4.91. The predicted octanol–water partition coefficient (Wildman–Crippen LogP) is 5.13. The van der Waals surface area contributed by atoms with E-state index in [1.165, 1.54) is 10.8 Å². The standard InChI is InChI=1S/C26H21Cl2N3O3/c1-15(16-5-9-18(27)10-6-16)25(33)30-22-4-2-3-21-20(22)13-14-31(26(21)34)23(24(29)32)17-7-11-19(28)12-8-17/h2-15,23H,1H3,(H2,29,32)(H,30,33). The van der Waals surface area contributed by atoms with Crippen LogP contribution in [0.15, 0.2) is 83.8 Å². The first-order valence-corrected chi connectivity index (χ1v) is 11.3. The number of benzene rings is 3. The first-order chi connectivity index (χ1) is 16.3. The molecule has 0 saturated heterocycles. The predicted molar refractivity (Wildman–Crippen MR) is 135 cm³/mol. The largest absolute Gasteiger partial charge is 0.368 e. The molecule has 4 aromatic rings. The van der Waals surface area contributed by atoms with Crippen molar-refractivity contribution in [2.75, 3.05) is 5.32 Å². The van der Waals surface area contributed by atoms with Crippen LogP contribution in [0.1, 0.15) is 30.0 Å². The second kappa shape index (κ2) is 9.71. The summed E-state index contributed by atoms with van der Waals surface area (Å²) >= 11 is 11.9. The van der Waals surface area contributed by atoms with E-state index in [1.807, 2.05) is 0 Å². The molecule has 2 amide bonds. The Balaban J connectivity index is 1.70. The molecule has 172 valence electrons. The fraction of sp³-hybridized carbons (Fsp3) is 0.115. The van der Waals surface area contributed by atoms with Gasteiger partial charge in [0, 0.05) is 32.7 Å². The highest BCUT2D eigenvalue weighted by atomic mass is 35.5. The lowest BCUT2D eigenvalue weighted by molar-refractivity contribution is -0.120. The van der Waals surface area contributed by atoms with Crippen molar-refractivity contribution in [1.29, 1.82) is 0 Å². The third-order valence-electron chi connectivity index (χ3n) is 5.73. The summed E-state index contributed by atoms with van der Waals surface area (Å²) in [6, 6.07) is 19.4. The van der Waals surface area contributed by atoms with Crippen LogP contribution in [0.4, 0.5) is 5.69 Å². The average molecular weight is 494 g/mol. The van der Waals surface area contributed by atoms with Gasteiger partial charge < -0.3 is 11.1 Å². The second-order valence-electron chi connectivity index (χ2n) is 7.91. The quantitative estimate of drug-likeness (QED) is 0.389. The minimum Gasteiger partial charge on any atom is -0.368 e. The summed E-state index contributed by atoms with van der Waals surface area (Å²) in [5.74, 6) is -1.34. The Bertz CT molecular complexity index is 1430. The number of nitrogens with one attached hydrogen (secondary N) is 1. The topological polar surface area (TPSA) is 94.2 Å². The number of amides is 2. The molecule has 0 aliphatic rings. The van der Waals surface area contributed by atoms with E-state index in [2.05, 4.69) is 5.32 Å². The summed E-state index contributed by atoms with van der Waals surface area (Å²) in [5.41, 5.74) is 7.10. The number of halogens is 2. The van der Waals surface area contributed by atoms with Crippen LogP contribution in [-0.2, 0) is 9.59 Å². The summed E-state index contributed by atoms with van der Waals surface area (Å²) in [6.45, 7) is 1.79. The Morgan fingerprint density at radius 2 is 1.44 bits per heavy atom. The SMILES string of the molecule is CC(C(=O)Nc1cccc2c(=O)n(C(C(N)=O)c3ccc(Cl)cc3)ccc12)c1ccc(Cl)cc1. The van der Waals surface area contributed by atoms with Gasteiger partial charge in [-0.2, -0.15) is 0 Å². The molecule has 34 heavy (non-hydrogen) atoms. The maximum absolute atomic E-state index is 13.3. The molecule has 0 radical (unpaired) electrons. The number of carbonyl (C=O) groups is 2. The molecular formula is C26H21Cl2N3O3. The van der Waals surface area contributed by atoms with Gasteiger partial charge in [0.1, 0.15) is 6.04 Å². The van der Waals surface area contributed by atoms with E-state index in [-0.39, 0.29) is 5.91 Å². The van der Waals surface area contributed by atoms with Gasteiger partial charge in [-0.3, -0.25) is 19.0 Å². The Hall–Kier alpha value is -3.61. The number of fused-ring (bicyclic) bond motifs is 1. The molecular weight excluding hydrogens is 473 g/mol. The smallest absolute Gasteiger partial charge is 0.259 e. The monoisotopic (exact) mass is 493 g/mol. The molecule has 4 rings (SSSR count). The normalized spacial score (nSPS) is 12.8. The van der Waals surface area contributed by atoms with Gasteiger partial charge in [0.05, 0.1) is 5.92 Å². The summed E-state index contributed by atoms with van der Waals surface area (Å²) in [4.78, 5) is 38.5. The molecule has 1 aromatic heterocycles. The number of hydrogen-bond donors (Lipinski definition) is 2. The number of carbonyl (C=O) groups excluding carboxylic acids is 2. The highest BCUT2D eigenvalue weighted by Gasteiger charge is 2.23. The molecule has 0 bridgehead atoms. The van der Waals surface area contributed by atoms with Crippen LogP contribution in [-0.4, -0.2) is 16.4 Å². The van der Waals surface area contributed by atoms with Crippen LogP contribution < -0.4 is 16.6 Å². The number of anilines is 1. The van der Waals surface area contributed by atoms with Crippen LogP contribution in [0.3, 0.4) is 0 Å². The molecule has 0 fully saturated rings. The van der Waals surface area contributed by atoms with Crippen LogP contribution >= 0.6 is 23.2 Å². The third kappa shape index (κ3) is 4.69. The van der Waals surface area contributed by atoms with E-state index in [4.69, 9.17) is 28.9 Å². The van der Waals surface area contributed by atoms with Crippen molar-refractivity contribution in [3.63, 3.8) is 0 Å². The van der Waals surface area contributed by atoms with Gasteiger partial charge in [-0.05, 0) is 60.5 Å². The first-order valence-electron chi connectivity index (χ1n) is 10.5. The number of hydrogen-bond acceptors (Lipinski definition) is 3. The fourth-order valence-corrected chi connectivity index (χ4v) is 4.11. The Morgan fingerprint density at radius 1 is 0.853 bits per heavy atom. The van der Waals surface area contributed by atoms with Gasteiger partial charge in [0.25, 0.3) is 5.56 Å². The summed E-state index contributed by atoms with van der Waals surface area (Å²) in [7, 11) is 0. The summed E-state index contributed by atoms with van der Waals surface area (Å²) < 4.78 is 1.29. The minimum absolute atomic E-state index is 0.227. The van der Waals surface area contributed by atoms with Gasteiger partial charge in [0.15, 0.2) is 0 Å². The molecule has 0 aliphatic heterocycles. The maximum Gasteiger partial charge on any atom is 0.259 e. The van der Waals surface area contributed by atoms with Gasteiger partial charge in [-0.1, -0.05) is 53.5 Å². The van der Waals surface area contributed by atoms with E-state index in [9.17, 15) is 14.4 Å². The highest BCUT2D eigenvalue weighted by molar-refractivity contribution is 6.30. The molecule has 0 saturated carbocycles. The number of primary amides is 1. The molecule has 1 heterocycles. The van der Waals surface area contributed by atoms with Crippen LogP contribution in [0.2, 0.25) is 10.0 Å². The van der Waals surface area contributed by atoms with Gasteiger partial charge in [0.2, 0.25) is 11.8 Å². The molecule has 8 heteroatoms. The molecule has 2 unspecified atom stereocenters. The average Bonchev–Trinajstić information content (AvgIpc) is 2.82. The Labute approximate surface area is 205 Å². The summed E-state index contributed by atoms with van der Waals surface area (Å²) in [6.07, 6.45) is 1.51. The lowest BCUT2D eigenvalue weighted by atomic mass is 10.00. The van der Waals surface area contributed by atoms with Gasteiger partial charge in [-0.25, -0.2) is 0 Å². The lowest BCUT2D eigenvalue weighted by Crippen LogP contribution is -2.34. The van der Waals surface area contributed by atoms with Crippen molar-refractivity contribution >= 4 is 51.5 Å². The van der Waals surface area contributed by atoms with Crippen LogP contribution in [0, 0.1) is 0 Å². The van der Waals surface area contributed by atoms with Crippen molar-refractivity contribution in [3.05, 3.63) is 111 Å². The number of rotatable bonds is 6. The zero-order valence-corrected chi connectivity index (χ0v) is 19.7. The second-order valence-corrected chi connectivity index (χ2v) is 8.79. The van der Waals surface area contributed by atoms with Crippen molar-refractivity contribution < 1.29 is 9.59 Å². The highest BCUT2D eigenvalue weighted by Crippen LogP contribution is 2.26. The van der Waals surface area contributed by atoms with Crippen LogP contribution in [0.5, 0.6) is 0 Å². The fourth-order valence-electron chi connectivity index (χ4n) is 3.86. The minimum atomic E-state index is -1.00. The van der Waals surface area contributed by atoms with Gasteiger partial charge in [-0.15, -0.1) is 0 Å². The van der Waals surface area contributed by atoms with E-state index >= 15 is 0 Å². The molecule has 0 aliphatic carbocycles. The molecule has 2 atom stereocenters. The third-order valence-corrected chi connectivity index (χ3v) is 6.23. The molecule has 3 aromatic carbocycles. The van der Waals surface area contributed by atoms with E-state index < -0.39 is 23.4 Å². The molecule has 6 nitrogen and oxygen atoms in total. The van der Waals surface area contributed by atoms with Crippen molar-refractivity contribution in [2.45, 2.75) is 18.9 Å². The zero-order chi connectivity index (χ0) is 24.4. The van der Waals surface area contributed by atoms with Crippen LogP contribution in [0.25, 0.3) is 10.8 Å². The molecule has 0 spiro atoms. The number of pyridine rings is 1. The molecule has 3 N–H and O–H groups in total. The number of nitrogens with two attached hydrogens (primary N) is 1. The van der Waals surface area contributed by atoms with Gasteiger partial charge >= 0.3 is 0 Å². The number of nitrogens with zero attached hydrogens (tertiary/aromatic N) is 1. The maximum atomic E-state index is 13.3. The Morgan fingerprint density at radius 3 is 2.03 bits per heavy atom. The van der Waals surface area contributed by atoms with Crippen molar-refractivity contribution in [2.24, 2.45) is 5.73 Å². The van der Waals surface area contributed by atoms with E-state index in [1.54, 1.807) is 79.7 Å². The lowest BCUT2D eigenvalue weighted by Gasteiger charge is -2.19. The first kappa shape index (κ1) is 23.5. The van der Waals surface area contributed by atoms with E-state index in [0.29, 0.717) is 32.1 Å². The Kier molecular flexibility index (Phi) is 6.72.